The number of aromatic amines is 1. The number of H-pyrrole nitrogens is 1. The van der Waals surface area contributed by atoms with E-state index in [-0.39, 0.29) is 11.8 Å². The van der Waals surface area contributed by atoms with Crippen molar-refractivity contribution in [2.45, 2.75) is 32.7 Å². The number of fused-ring (bicyclic) bond motifs is 1. The van der Waals surface area contributed by atoms with E-state index in [0.29, 0.717) is 5.82 Å². The molecule has 1 fully saturated rings. The van der Waals surface area contributed by atoms with Crippen LogP contribution >= 0.6 is 0 Å². The first-order valence-corrected chi connectivity index (χ1v) is 8.73. The molecule has 3 aromatic rings. The number of carbonyl (C=O) groups is 1. The normalized spacial score (nSPS) is 14.5. The Kier molecular flexibility index (Phi) is 3.95. The Morgan fingerprint density at radius 3 is 2.88 bits per heavy atom. The number of rotatable bonds is 5. The van der Waals surface area contributed by atoms with Crippen molar-refractivity contribution in [1.29, 1.82) is 0 Å². The minimum absolute atomic E-state index is 0.0741. The molecule has 130 valence electrons. The van der Waals surface area contributed by atoms with Crippen LogP contribution in [0.25, 0.3) is 22.3 Å². The van der Waals surface area contributed by atoms with Crippen molar-refractivity contribution < 1.29 is 9.53 Å². The van der Waals surface area contributed by atoms with Crippen LogP contribution in [0.15, 0.2) is 30.3 Å². The number of amides is 1. The monoisotopic (exact) mass is 338 g/mol. The van der Waals surface area contributed by atoms with Gasteiger partial charge in [0.2, 0.25) is 5.91 Å². The number of hydrogen-bond donors (Lipinski definition) is 2. The van der Waals surface area contributed by atoms with Gasteiger partial charge in [-0.1, -0.05) is 6.42 Å². The van der Waals surface area contributed by atoms with Crippen LogP contribution in [0.3, 0.4) is 0 Å². The summed E-state index contributed by atoms with van der Waals surface area (Å²) in [5, 5.41) is 11.4. The first-order valence-electron chi connectivity index (χ1n) is 8.73. The topological polar surface area (TPSA) is 71.9 Å². The van der Waals surface area contributed by atoms with Crippen molar-refractivity contribution in [1.82, 2.24) is 14.8 Å². The minimum Gasteiger partial charge on any atom is -0.497 e. The SMILES string of the molecule is CCn1c(-c2cc(NC(=O)C3CCC3)n[nH]2)cc2ccc(OC)cc21. The molecular formula is C19H22N4O2. The molecule has 2 aromatic heterocycles. The Balaban J connectivity index is 1.66. The maximum Gasteiger partial charge on any atom is 0.228 e. The van der Waals surface area contributed by atoms with E-state index in [9.17, 15) is 4.79 Å². The molecule has 0 saturated heterocycles. The summed E-state index contributed by atoms with van der Waals surface area (Å²) >= 11 is 0. The van der Waals surface area contributed by atoms with Crippen molar-refractivity contribution in [3.05, 3.63) is 30.3 Å². The highest BCUT2D eigenvalue weighted by Gasteiger charge is 2.25. The lowest BCUT2D eigenvalue weighted by atomic mass is 9.85. The number of hydrogen-bond acceptors (Lipinski definition) is 3. The summed E-state index contributed by atoms with van der Waals surface area (Å²) in [5.41, 5.74) is 3.05. The van der Waals surface area contributed by atoms with Crippen LogP contribution in [0.2, 0.25) is 0 Å². The minimum atomic E-state index is 0.0741. The van der Waals surface area contributed by atoms with Crippen LogP contribution in [0.4, 0.5) is 5.82 Å². The lowest BCUT2D eigenvalue weighted by molar-refractivity contribution is -0.122. The van der Waals surface area contributed by atoms with Gasteiger partial charge in [-0.25, -0.2) is 0 Å². The Morgan fingerprint density at radius 1 is 1.36 bits per heavy atom. The molecule has 2 N–H and O–H groups in total. The number of aryl methyl sites for hydroxylation is 1. The number of aromatic nitrogens is 3. The lowest BCUT2D eigenvalue weighted by Gasteiger charge is -2.23. The molecular weight excluding hydrogens is 316 g/mol. The molecule has 1 aromatic carbocycles. The summed E-state index contributed by atoms with van der Waals surface area (Å²) in [6.07, 6.45) is 3.11. The molecule has 0 radical (unpaired) electrons. The predicted molar refractivity (Wildman–Crippen MR) is 97.7 cm³/mol. The second-order valence-corrected chi connectivity index (χ2v) is 6.48. The number of anilines is 1. The van der Waals surface area contributed by atoms with Crippen LogP contribution in [0.5, 0.6) is 5.75 Å². The van der Waals surface area contributed by atoms with Crippen molar-refractivity contribution in [3.63, 3.8) is 0 Å². The quantitative estimate of drug-likeness (QED) is 0.743. The van der Waals surface area contributed by atoms with Gasteiger partial charge < -0.3 is 14.6 Å². The van der Waals surface area contributed by atoms with Gasteiger partial charge in [-0.05, 0) is 38.0 Å². The van der Waals surface area contributed by atoms with E-state index in [0.717, 1.165) is 53.8 Å². The fraction of sp³-hybridized carbons (Fsp3) is 0.368. The summed E-state index contributed by atoms with van der Waals surface area (Å²) < 4.78 is 7.55. The van der Waals surface area contributed by atoms with Crippen LogP contribution < -0.4 is 10.1 Å². The van der Waals surface area contributed by atoms with Gasteiger partial charge in [-0.15, -0.1) is 0 Å². The maximum atomic E-state index is 12.1. The van der Waals surface area contributed by atoms with E-state index in [1.807, 2.05) is 18.2 Å². The van der Waals surface area contributed by atoms with Gasteiger partial charge in [-0.3, -0.25) is 9.89 Å². The van der Waals surface area contributed by atoms with E-state index in [2.05, 4.69) is 39.1 Å². The number of nitrogens with zero attached hydrogens (tertiary/aromatic N) is 2. The lowest BCUT2D eigenvalue weighted by Crippen LogP contribution is -2.28. The molecule has 25 heavy (non-hydrogen) atoms. The smallest absolute Gasteiger partial charge is 0.228 e. The highest BCUT2D eigenvalue weighted by molar-refractivity contribution is 5.93. The molecule has 0 spiro atoms. The number of nitrogens with one attached hydrogen (secondary N) is 2. The number of carbonyl (C=O) groups excluding carboxylic acids is 1. The molecule has 0 bridgehead atoms. The zero-order valence-corrected chi connectivity index (χ0v) is 14.5. The van der Waals surface area contributed by atoms with Crippen LogP contribution in [0, 0.1) is 5.92 Å². The van der Waals surface area contributed by atoms with Gasteiger partial charge in [0, 0.05) is 30.0 Å². The van der Waals surface area contributed by atoms with E-state index in [4.69, 9.17) is 4.74 Å². The fourth-order valence-corrected chi connectivity index (χ4v) is 3.34. The molecule has 4 rings (SSSR count). The van der Waals surface area contributed by atoms with Crippen LogP contribution in [0.1, 0.15) is 26.2 Å². The van der Waals surface area contributed by atoms with Gasteiger partial charge in [0.15, 0.2) is 5.82 Å². The molecule has 1 amide bonds. The number of ether oxygens (including phenoxy) is 1. The molecule has 0 aliphatic heterocycles. The maximum absolute atomic E-state index is 12.1. The van der Waals surface area contributed by atoms with Gasteiger partial charge in [0.05, 0.1) is 24.0 Å². The van der Waals surface area contributed by atoms with E-state index < -0.39 is 0 Å². The summed E-state index contributed by atoms with van der Waals surface area (Å²) in [6.45, 7) is 2.94. The highest BCUT2D eigenvalue weighted by Crippen LogP contribution is 2.31. The molecule has 1 saturated carbocycles. The third kappa shape index (κ3) is 2.77. The number of benzene rings is 1. The van der Waals surface area contributed by atoms with Crippen LogP contribution in [-0.4, -0.2) is 27.8 Å². The zero-order chi connectivity index (χ0) is 17.4. The average Bonchev–Trinajstić information content (AvgIpc) is 3.15. The van der Waals surface area contributed by atoms with Crippen molar-refractivity contribution in [2.24, 2.45) is 5.92 Å². The predicted octanol–water partition coefficient (Wildman–Crippen LogP) is 3.80. The molecule has 2 heterocycles. The molecule has 6 nitrogen and oxygen atoms in total. The van der Waals surface area contributed by atoms with E-state index >= 15 is 0 Å². The summed E-state index contributed by atoms with van der Waals surface area (Å²) in [7, 11) is 1.67. The third-order valence-electron chi connectivity index (χ3n) is 5.01. The average molecular weight is 338 g/mol. The summed E-state index contributed by atoms with van der Waals surface area (Å²) in [4.78, 5) is 12.1. The standard InChI is InChI=1S/C19H22N4O2/c1-3-23-16-10-14(25-2)8-7-13(16)9-17(23)15-11-18(22-21-15)20-19(24)12-5-4-6-12/h7-12H,3-6H2,1-2H3,(H2,20,21,22,24). The molecule has 6 heteroatoms. The van der Waals surface area contributed by atoms with Gasteiger partial charge in [0.1, 0.15) is 5.75 Å². The Labute approximate surface area is 146 Å². The third-order valence-corrected chi connectivity index (χ3v) is 5.01. The zero-order valence-electron chi connectivity index (χ0n) is 14.5. The second-order valence-electron chi connectivity index (χ2n) is 6.48. The van der Waals surface area contributed by atoms with Gasteiger partial charge in [-0.2, -0.15) is 5.10 Å². The number of methoxy groups -OCH3 is 1. The Bertz CT molecular complexity index is 921. The first-order chi connectivity index (χ1) is 12.2. The molecule has 1 aliphatic rings. The molecule has 0 unspecified atom stereocenters. The molecule has 1 aliphatic carbocycles. The highest BCUT2D eigenvalue weighted by atomic mass is 16.5. The fourth-order valence-electron chi connectivity index (χ4n) is 3.34. The second kappa shape index (κ2) is 6.27. The van der Waals surface area contributed by atoms with Crippen LogP contribution in [-0.2, 0) is 11.3 Å². The molecule has 0 atom stereocenters. The van der Waals surface area contributed by atoms with E-state index in [1.54, 1.807) is 7.11 Å². The summed E-state index contributed by atoms with van der Waals surface area (Å²) in [6, 6.07) is 10.1. The van der Waals surface area contributed by atoms with E-state index in [1.165, 1.54) is 0 Å². The van der Waals surface area contributed by atoms with Crippen molar-refractivity contribution >= 4 is 22.6 Å². The Morgan fingerprint density at radius 2 is 2.20 bits per heavy atom. The summed E-state index contributed by atoms with van der Waals surface area (Å²) in [5.74, 6) is 1.64. The van der Waals surface area contributed by atoms with Gasteiger partial charge in [0.25, 0.3) is 0 Å². The van der Waals surface area contributed by atoms with Crippen molar-refractivity contribution in [3.8, 4) is 17.1 Å². The Hall–Kier alpha value is -2.76. The largest absolute Gasteiger partial charge is 0.497 e. The van der Waals surface area contributed by atoms with Gasteiger partial charge >= 0.3 is 0 Å². The first kappa shape index (κ1) is 15.7. The van der Waals surface area contributed by atoms with Crippen molar-refractivity contribution in [2.75, 3.05) is 12.4 Å².